The summed E-state index contributed by atoms with van der Waals surface area (Å²) in [5.74, 6) is -0.811. The number of aliphatic hydroxyl groups is 1. The molecule has 0 radical (unpaired) electrons. The first-order valence-corrected chi connectivity index (χ1v) is 5.92. The van der Waals surface area contributed by atoms with Gasteiger partial charge in [0.15, 0.2) is 0 Å². The molecule has 1 saturated heterocycles. The zero-order chi connectivity index (χ0) is 13.8. The van der Waals surface area contributed by atoms with Crippen LogP contribution in [0.2, 0.25) is 0 Å². The maximum atomic E-state index is 11.8. The first-order chi connectivity index (χ1) is 8.41. The Hall–Kier alpha value is -1.63. The number of hydrogen-bond acceptors (Lipinski definition) is 4. The van der Waals surface area contributed by atoms with Gasteiger partial charge in [0.1, 0.15) is 6.54 Å². The number of nitrogens with one attached hydrogen (secondary N) is 2. The van der Waals surface area contributed by atoms with Gasteiger partial charge in [-0.1, -0.05) is 6.92 Å². The second kappa shape index (κ2) is 5.81. The van der Waals surface area contributed by atoms with Gasteiger partial charge < -0.3 is 15.7 Å². The summed E-state index contributed by atoms with van der Waals surface area (Å²) in [6.45, 7) is 3.32. The van der Waals surface area contributed by atoms with E-state index in [1.807, 2.05) is 13.8 Å². The van der Waals surface area contributed by atoms with Gasteiger partial charge in [-0.25, -0.2) is 4.79 Å². The van der Waals surface area contributed by atoms with Crippen molar-refractivity contribution in [2.24, 2.45) is 0 Å². The number of rotatable bonds is 6. The fourth-order valence-corrected chi connectivity index (χ4v) is 1.71. The van der Waals surface area contributed by atoms with Gasteiger partial charge in [0.2, 0.25) is 5.91 Å². The Balaban J connectivity index is 2.55. The van der Waals surface area contributed by atoms with Crippen LogP contribution in [0.15, 0.2) is 0 Å². The molecule has 18 heavy (non-hydrogen) atoms. The van der Waals surface area contributed by atoms with Crippen molar-refractivity contribution >= 4 is 17.8 Å². The third kappa shape index (κ3) is 3.43. The molecule has 0 spiro atoms. The molecule has 0 aromatic heterocycles. The quantitative estimate of drug-likeness (QED) is 0.543. The third-order valence-electron chi connectivity index (χ3n) is 3.12. The Morgan fingerprint density at radius 3 is 2.67 bits per heavy atom. The summed E-state index contributed by atoms with van der Waals surface area (Å²) in [7, 11) is 0. The fraction of sp³-hybridized carbons (Fsp3) is 0.727. The molecule has 0 aliphatic carbocycles. The van der Waals surface area contributed by atoms with E-state index >= 15 is 0 Å². The lowest BCUT2D eigenvalue weighted by molar-refractivity contribution is -0.131. The molecule has 1 aliphatic rings. The van der Waals surface area contributed by atoms with E-state index in [1.54, 1.807) is 0 Å². The molecular formula is C11H19N3O4. The highest BCUT2D eigenvalue weighted by molar-refractivity contribution is 6.04. The molecule has 1 fully saturated rings. The van der Waals surface area contributed by atoms with E-state index in [4.69, 9.17) is 5.11 Å². The van der Waals surface area contributed by atoms with Gasteiger partial charge in [-0.05, 0) is 19.8 Å². The van der Waals surface area contributed by atoms with E-state index < -0.39 is 23.4 Å². The molecular weight excluding hydrogens is 238 g/mol. The van der Waals surface area contributed by atoms with Crippen LogP contribution in [0, 0.1) is 0 Å². The van der Waals surface area contributed by atoms with Crippen LogP contribution in [-0.4, -0.2) is 53.1 Å². The molecule has 102 valence electrons. The summed E-state index contributed by atoms with van der Waals surface area (Å²) in [5.41, 5.74) is -0.523. The molecule has 1 atom stereocenters. The molecule has 1 unspecified atom stereocenters. The number of carbonyl (C=O) groups excluding carboxylic acids is 3. The molecule has 4 amide bonds. The predicted molar refractivity (Wildman–Crippen MR) is 63.7 cm³/mol. The Labute approximate surface area is 106 Å². The normalized spacial score (nSPS) is 18.5. The smallest absolute Gasteiger partial charge is 0.325 e. The van der Waals surface area contributed by atoms with E-state index in [9.17, 15) is 14.4 Å². The molecule has 0 aromatic rings. The van der Waals surface area contributed by atoms with Crippen molar-refractivity contribution in [2.45, 2.75) is 32.2 Å². The first kappa shape index (κ1) is 14.4. The minimum atomic E-state index is -0.546. The molecule has 1 rings (SSSR count). The maximum absolute atomic E-state index is 11.8. The summed E-state index contributed by atoms with van der Waals surface area (Å²) < 4.78 is 0. The highest BCUT2D eigenvalue weighted by Crippen LogP contribution is 2.13. The van der Waals surface area contributed by atoms with Crippen LogP contribution in [0.1, 0.15) is 26.7 Å². The lowest BCUT2D eigenvalue weighted by Gasteiger charge is -2.29. The topological polar surface area (TPSA) is 98.7 Å². The Morgan fingerprint density at radius 1 is 1.56 bits per heavy atom. The summed E-state index contributed by atoms with van der Waals surface area (Å²) in [4.78, 5) is 35.2. The summed E-state index contributed by atoms with van der Waals surface area (Å²) in [6.07, 6.45) is 1.08. The first-order valence-electron chi connectivity index (χ1n) is 5.92. The predicted octanol–water partition coefficient (Wildman–Crippen LogP) is -0.794. The van der Waals surface area contributed by atoms with Crippen LogP contribution in [0.3, 0.4) is 0 Å². The van der Waals surface area contributed by atoms with E-state index in [1.165, 1.54) is 0 Å². The van der Waals surface area contributed by atoms with Gasteiger partial charge >= 0.3 is 6.03 Å². The van der Waals surface area contributed by atoms with Gasteiger partial charge in [-0.15, -0.1) is 0 Å². The molecule has 0 saturated carbocycles. The van der Waals surface area contributed by atoms with E-state index in [0.717, 1.165) is 4.90 Å². The van der Waals surface area contributed by atoms with E-state index in [2.05, 4.69) is 10.6 Å². The third-order valence-corrected chi connectivity index (χ3v) is 3.12. The second-order valence-electron chi connectivity index (χ2n) is 4.57. The molecule has 3 N–H and O–H groups in total. The van der Waals surface area contributed by atoms with Gasteiger partial charge in [0, 0.05) is 12.1 Å². The highest BCUT2D eigenvalue weighted by Gasteiger charge is 2.32. The van der Waals surface area contributed by atoms with Crippen LogP contribution in [0.4, 0.5) is 4.79 Å². The van der Waals surface area contributed by atoms with E-state index in [-0.39, 0.29) is 19.7 Å². The Kier molecular flexibility index (Phi) is 4.66. The number of aliphatic hydroxyl groups excluding tert-OH is 1. The van der Waals surface area contributed by atoms with Crippen molar-refractivity contribution < 1.29 is 19.5 Å². The van der Waals surface area contributed by atoms with Crippen LogP contribution >= 0.6 is 0 Å². The number of amides is 4. The average molecular weight is 257 g/mol. The van der Waals surface area contributed by atoms with Crippen LogP contribution in [0.25, 0.3) is 0 Å². The lowest BCUT2D eigenvalue weighted by atomic mass is 9.95. The number of urea groups is 1. The Morgan fingerprint density at radius 2 is 2.22 bits per heavy atom. The molecule has 7 heteroatoms. The zero-order valence-corrected chi connectivity index (χ0v) is 10.7. The van der Waals surface area contributed by atoms with Crippen molar-refractivity contribution in [3.05, 3.63) is 0 Å². The SMILES string of the molecule is CCC(C)(CCO)NC(=O)CN1C(=O)CNC1=O. The van der Waals surface area contributed by atoms with Gasteiger partial charge in [-0.2, -0.15) is 0 Å². The monoisotopic (exact) mass is 257 g/mol. The van der Waals surface area contributed by atoms with Gasteiger partial charge in [-0.3, -0.25) is 14.5 Å². The molecule has 7 nitrogen and oxygen atoms in total. The minimum absolute atomic E-state index is 0.0340. The summed E-state index contributed by atoms with van der Waals surface area (Å²) in [5, 5.41) is 14.0. The fourth-order valence-electron chi connectivity index (χ4n) is 1.71. The number of nitrogens with zero attached hydrogens (tertiary/aromatic N) is 1. The lowest BCUT2D eigenvalue weighted by Crippen LogP contribution is -2.50. The van der Waals surface area contributed by atoms with E-state index in [0.29, 0.717) is 12.8 Å². The van der Waals surface area contributed by atoms with Crippen LogP contribution in [-0.2, 0) is 9.59 Å². The molecule has 1 heterocycles. The average Bonchev–Trinajstić information content (AvgIpc) is 2.61. The molecule has 1 aliphatic heterocycles. The molecule has 0 aromatic carbocycles. The van der Waals surface area contributed by atoms with Gasteiger partial charge in [0.25, 0.3) is 5.91 Å². The highest BCUT2D eigenvalue weighted by atomic mass is 16.3. The van der Waals surface area contributed by atoms with Gasteiger partial charge in [0.05, 0.1) is 6.54 Å². The number of hydrogen-bond donors (Lipinski definition) is 3. The Bertz CT molecular complexity index is 342. The maximum Gasteiger partial charge on any atom is 0.325 e. The van der Waals surface area contributed by atoms with Crippen molar-refractivity contribution in [2.75, 3.05) is 19.7 Å². The van der Waals surface area contributed by atoms with Crippen LogP contribution < -0.4 is 10.6 Å². The van der Waals surface area contributed by atoms with Crippen molar-refractivity contribution in [3.63, 3.8) is 0 Å². The second-order valence-corrected chi connectivity index (χ2v) is 4.57. The van der Waals surface area contributed by atoms with Crippen molar-refractivity contribution in [3.8, 4) is 0 Å². The zero-order valence-electron chi connectivity index (χ0n) is 10.7. The van der Waals surface area contributed by atoms with Crippen molar-refractivity contribution in [1.82, 2.24) is 15.5 Å². The minimum Gasteiger partial charge on any atom is -0.396 e. The molecule has 0 bridgehead atoms. The standard InChI is InChI=1S/C11H19N3O4/c1-3-11(2,4-5-15)13-8(16)7-14-9(17)6-12-10(14)18/h15H,3-7H2,1-2H3,(H,12,18)(H,13,16). The summed E-state index contributed by atoms with van der Waals surface area (Å²) >= 11 is 0. The largest absolute Gasteiger partial charge is 0.396 e. The number of imide groups is 1. The van der Waals surface area contributed by atoms with Crippen LogP contribution in [0.5, 0.6) is 0 Å². The van der Waals surface area contributed by atoms with Crippen molar-refractivity contribution in [1.29, 1.82) is 0 Å². The number of carbonyl (C=O) groups is 3. The summed E-state index contributed by atoms with van der Waals surface area (Å²) in [6, 6.07) is -0.546.